The maximum atomic E-state index is 14.0. The Balaban J connectivity index is 1.29. The van der Waals surface area contributed by atoms with E-state index in [0.29, 0.717) is 28.5 Å². The van der Waals surface area contributed by atoms with Crippen molar-refractivity contribution in [2.45, 2.75) is 43.2 Å². The lowest BCUT2D eigenvalue weighted by atomic mass is 10.0. The van der Waals surface area contributed by atoms with Crippen molar-refractivity contribution in [3.63, 3.8) is 0 Å². The van der Waals surface area contributed by atoms with E-state index in [0.717, 1.165) is 11.1 Å². The Morgan fingerprint density at radius 2 is 1.53 bits per heavy atom. The minimum absolute atomic E-state index is 0.0864. The Morgan fingerprint density at radius 1 is 0.930 bits per heavy atom. The van der Waals surface area contributed by atoms with Crippen LogP contribution in [-0.4, -0.2) is 43.1 Å². The lowest BCUT2D eigenvalue weighted by Gasteiger charge is -2.36. The van der Waals surface area contributed by atoms with Gasteiger partial charge in [-0.3, -0.25) is 4.79 Å². The van der Waals surface area contributed by atoms with E-state index >= 15 is 0 Å². The van der Waals surface area contributed by atoms with Gasteiger partial charge in [-0.15, -0.1) is 5.10 Å². The van der Waals surface area contributed by atoms with Crippen LogP contribution >= 0.6 is 11.8 Å². The topological polar surface area (TPSA) is 111 Å². The number of rotatable bonds is 9. The van der Waals surface area contributed by atoms with E-state index in [9.17, 15) is 31.9 Å². The summed E-state index contributed by atoms with van der Waals surface area (Å²) in [5.74, 6) is -12.1. The summed E-state index contributed by atoms with van der Waals surface area (Å²) in [5, 5.41) is 23.6. The highest BCUT2D eigenvalue weighted by Crippen LogP contribution is 2.39. The molecule has 5 rings (SSSR count). The van der Waals surface area contributed by atoms with Crippen LogP contribution in [0.15, 0.2) is 53.7 Å². The third kappa shape index (κ3) is 6.69. The van der Waals surface area contributed by atoms with Gasteiger partial charge in [0.05, 0.1) is 18.8 Å². The van der Waals surface area contributed by atoms with Gasteiger partial charge in [0.15, 0.2) is 29.6 Å². The summed E-state index contributed by atoms with van der Waals surface area (Å²) in [6.07, 6.45) is -0.843. The zero-order valence-electron chi connectivity index (χ0n) is 22.4. The van der Waals surface area contributed by atoms with Crippen molar-refractivity contribution in [2.75, 3.05) is 5.75 Å². The molecule has 0 saturated carbocycles. The number of aliphatic hydroxyl groups excluding tert-OH is 1. The number of ether oxygens (including phenoxy) is 2. The van der Waals surface area contributed by atoms with E-state index in [1.165, 1.54) is 11.8 Å². The SMILES string of the molecule is Cn1nnnc1SCC1CC(c2ccc(CO)cc2)OC(c2ccc(CNC(=O)c3c(F)c(F)c(F)c(F)c3F)cc2)O1. The first kappa shape index (κ1) is 30.5. The summed E-state index contributed by atoms with van der Waals surface area (Å²) in [6, 6.07) is 14.0. The number of aromatic nitrogens is 4. The average molecular weight is 622 g/mol. The molecule has 1 aliphatic rings. The van der Waals surface area contributed by atoms with Crippen molar-refractivity contribution in [3.05, 3.63) is 105 Å². The maximum absolute atomic E-state index is 14.0. The van der Waals surface area contributed by atoms with E-state index in [1.807, 2.05) is 24.3 Å². The molecule has 2 N–H and O–H groups in total. The van der Waals surface area contributed by atoms with Gasteiger partial charge in [-0.2, -0.15) is 0 Å². The molecule has 9 nitrogen and oxygen atoms in total. The molecule has 4 aromatic rings. The second-order valence-electron chi connectivity index (χ2n) is 9.62. The number of tetrazole rings is 1. The maximum Gasteiger partial charge on any atom is 0.257 e. The summed E-state index contributed by atoms with van der Waals surface area (Å²) >= 11 is 1.43. The van der Waals surface area contributed by atoms with Crippen molar-refractivity contribution in [1.29, 1.82) is 0 Å². The fourth-order valence-corrected chi connectivity index (χ4v) is 5.27. The van der Waals surface area contributed by atoms with E-state index in [2.05, 4.69) is 20.8 Å². The van der Waals surface area contributed by atoms with Crippen LogP contribution in [0.4, 0.5) is 22.0 Å². The van der Waals surface area contributed by atoms with Crippen LogP contribution in [0.5, 0.6) is 0 Å². The number of nitrogens with one attached hydrogen (secondary N) is 1. The lowest BCUT2D eigenvalue weighted by molar-refractivity contribution is -0.245. The number of benzene rings is 3. The van der Waals surface area contributed by atoms with Gasteiger partial charge in [0.1, 0.15) is 5.56 Å². The first-order chi connectivity index (χ1) is 20.7. The van der Waals surface area contributed by atoms with E-state index < -0.39 is 46.8 Å². The second-order valence-corrected chi connectivity index (χ2v) is 10.6. The number of carbonyl (C=O) groups excluding carboxylic acids is 1. The molecule has 0 radical (unpaired) electrons. The van der Waals surface area contributed by atoms with Gasteiger partial charge in [-0.1, -0.05) is 60.3 Å². The summed E-state index contributed by atoms with van der Waals surface area (Å²) < 4.78 is 82.3. The van der Waals surface area contributed by atoms with Gasteiger partial charge >= 0.3 is 0 Å². The molecule has 1 saturated heterocycles. The average Bonchev–Trinajstić information content (AvgIpc) is 3.45. The Bertz CT molecular complexity index is 1580. The van der Waals surface area contributed by atoms with Crippen LogP contribution in [0.2, 0.25) is 0 Å². The molecule has 0 spiro atoms. The largest absolute Gasteiger partial charge is 0.392 e. The van der Waals surface area contributed by atoms with Crippen molar-refractivity contribution >= 4 is 17.7 Å². The summed E-state index contributed by atoms with van der Waals surface area (Å²) in [5.41, 5.74) is 1.22. The van der Waals surface area contributed by atoms with Gasteiger partial charge in [0.2, 0.25) is 11.0 Å². The molecule has 0 bridgehead atoms. The fourth-order valence-electron chi connectivity index (χ4n) is 4.40. The van der Waals surface area contributed by atoms with Crippen molar-refractivity contribution in [3.8, 4) is 0 Å². The third-order valence-corrected chi connectivity index (χ3v) is 7.88. The number of carbonyl (C=O) groups is 1. The normalized spacial score (nSPS) is 18.5. The van der Waals surface area contributed by atoms with Crippen LogP contribution in [-0.2, 0) is 29.7 Å². The van der Waals surface area contributed by atoms with Gasteiger partial charge in [-0.25, -0.2) is 26.6 Å². The molecule has 226 valence electrons. The van der Waals surface area contributed by atoms with Crippen molar-refractivity contribution in [1.82, 2.24) is 25.5 Å². The molecule has 3 aromatic carbocycles. The number of hydrogen-bond acceptors (Lipinski definition) is 8. The molecule has 3 unspecified atom stereocenters. The summed E-state index contributed by atoms with van der Waals surface area (Å²) in [6.45, 7) is -0.341. The number of halogens is 5. The molecule has 1 amide bonds. The van der Waals surface area contributed by atoms with Gasteiger partial charge in [0, 0.05) is 31.3 Å². The Morgan fingerprint density at radius 3 is 2.14 bits per heavy atom. The quantitative estimate of drug-likeness (QED) is 0.120. The molecule has 43 heavy (non-hydrogen) atoms. The zero-order chi connectivity index (χ0) is 30.7. The standard InChI is InChI=1S/C28H24F5N5O4S/c1-38-28(35-36-37-38)43-13-18-10-19(16-6-4-15(12-39)5-7-16)42-27(41-18)17-8-2-14(3-9-17)11-34-26(40)20-21(29)23(31)25(33)24(32)22(20)30/h2-9,18-19,27,39H,10-13H2,1H3,(H,34,40). The molecular formula is C28H24F5N5O4S. The summed E-state index contributed by atoms with van der Waals surface area (Å²) in [4.78, 5) is 12.3. The number of nitrogens with zero attached hydrogens (tertiary/aromatic N) is 4. The smallest absolute Gasteiger partial charge is 0.257 e. The first-order valence-corrected chi connectivity index (χ1v) is 13.9. The van der Waals surface area contributed by atoms with Gasteiger partial charge in [-0.05, 0) is 27.1 Å². The Kier molecular flexibility index (Phi) is 9.34. The predicted octanol–water partition coefficient (Wildman–Crippen LogP) is 4.67. The van der Waals surface area contributed by atoms with Gasteiger partial charge in [0.25, 0.3) is 5.91 Å². The highest BCUT2D eigenvalue weighted by Gasteiger charge is 2.33. The zero-order valence-corrected chi connectivity index (χ0v) is 23.3. The summed E-state index contributed by atoms with van der Waals surface area (Å²) in [7, 11) is 1.73. The number of aryl methyl sites for hydroxylation is 1. The molecule has 15 heteroatoms. The molecule has 1 fully saturated rings. The Labute approximate surface area is 246 Å². The molecule has 1 aliphatic heterocycles. The van der Waals surface area contributed by atoms with Crippen molar-refractivity contribution < 1.29 is 41.3 Å². The van der Waals surface area contributed by atoms with Crippen LogP contribution in [0, 0.1) is 29.1 Å². The third-order valence-electron chi connectivity index (χ3n) is 6.74. The first-order valence-electron chi connectivity index (χ1n) is 12.9. The minimum atomic E-state index is -2.34. The van der Waals surface area contributed by atoms with Crippen LogP contribution in [0.3, 0.4) is 0 Å². The number of amides is 1. The second kappa shape index (κ2) is 13.2. The predicted molar refractivity (Wildman–Crippen MR) is 142 cm³/mol. The number of hydrogen-bond donors (Lipinski definition) is 2. The molecular weight excluding hydrogens is 597 g/mol. The molecule has 2 heterocycles. The molecule has 3 atom stereocenters. The molecule has 1 aromatic heterocycles. The van der Waals surface area contributed by atoms with E-state index in [4.69, 9.17) is 9.47 Å². The lowest BCUT2D eigenvalue weighted by Crippen LogP contribution is -2.31. The number of thioether (sulfide) groups is 1. The van der Waals surface area contributed by atoms with Crippen LogP contribution in [0.25, 0.3) is 0 Å². The monoisotopic (exact) mass is 621 g/mol. The van der Waals surface area contributed by atoms with Gasteiger partial charge < -0.3 is 19.9 Å². The fraction of sp³-hybridized carbons (Fsp3) is 0.286. The van der Waals surface area contributed by atoms with E-state index in [-0.39, 0.29) is 25.4 Å². The number of aliphatic hydroxyl groups is 1. The minimum Gasteiger partial charge on any atom is -0.392 e. The highest BCUT2D eigenvalue weighted by molar-refractivity contribution is 7.99. The van der Waals surface area contributed by atoms with E-state index in [1.54, 1.807) is 36.0 Å². The van der Waals surface area contributed by atoms with Crippen LogP contribution in [0.1, 0.15) is 51.4 Å². The molecule has 0 aliphatic carbocycles. The Hall–Kier alpha value is -3.92. The highest BCUT2D eigenvalue weighted by atomic mass is 32.2. The van der Waals surface area contributed by atoms with Crippen LogP contribution < -0.4 is 5.32 Å². The van der Waals surface area contributed by atoms with Crippen molar-refractivity contribution in [2.24, 2.45) is 7.05 Å².